The maximum absolute atomic E-state index is 12.2. The highest BCUT2D eigenvalue weighted by atomic mass is 35.5. The molecule has 0 aliphatic carbocycles. The van der Waals surface area contributed by atoms with Crippen molar-refractivity contribution >= 4 is 29.1 Å². The van der Waals surface area contributed by atoms with E-state index in [1.54, 1.807) is 30.0 Å². The van der Waals surface area contributed by atoms with Crippen LogP contribution in [0.25, 0.3) is 0 Å². The zero-order valence-corrected chi connectivity index (χ0v) is 13.3. The molecule has 1 aromatic carbocycles. The van der Waals surface area contributed by atoms with Crippen LogP contribution in [0, 0.1) is 5.92 Å². The Balaban J connectivity index is 2.78. The van der Waals surface area contributed by atoms with E-state index >= 15 is 0 Å². The molecule has 106 valence electrons. The van der Waals surface area contributed by atoms with Crippen LogP contribution in [0.5, 0.6) is 5.75 Å². The van der Waals surface area contributed by atoms with Crippen LogP contribution in [0.1, 0.15) is 37.6 Å². The van der Waals surface area contributed by atoms with Crippen molar-refractivity contribution in [1.82, 2.24) is 0 Å². The molecule has 0 aromatic heterocycles. The lowest BCUT2D eigenvalue weighted by Crippen LogP contribution is -2.10. The zero-order valence-electron chi connectivity index (χ0n) is 11.7. The second-order valence-corrected chi connectivity index (χ2v) is 6.36. The zero-order chi connectivity index (χ0) is 14.3. The van der Waals surface area contributed by atoms with Crippen LogP contribution in [-0.2, 0) is 0 Å². The third kappa shape index (κ3) is 5.87. The molecular formula is C15H21ClO2S. The van der Waals surface area contributed by atoms with Gasteiger partial charge in [0.15, 0.2) is 5.78 Å². The fourth-order valence-corrected chi connectivity index (χ4v) is 2.44. The number of thioether (sulfide) groups is 1. The maximum Gasteiger partial charge on any atom is 0.176 e. The first-order valence-electron chi connectivity index (χ1n) is 6.57. The highest BCUT2D eigenvalue weighted by Crippen LogP contribution is 2.25. The van der Waals surface area contributed by atoms with E-state index in [1.807, 2.05) is 0 Å². The van der Waals surface area contributed by atoms with Crippen molar-refractivity contribution in [1.29, 1.82) is 0 Å². The first-order valence-corrected chi connectivity index (χ1v) is 8.11. The molecule has 0 heterocycles. The first-order chi connectivity index (χ1) is 9.04. The lowest BCUT2D eigenvalue weighted by molar-refractivity contribution is 0.101. The van der Waals surface area contributed by atoms with Crippen LogP contribution in [0.3, 0.4) is 0 Å². The number of carbonyl (C=O) groups excluding carboxylic acids is 1. The Morgan fingerprint density at radius 1 is 1.42 bits per heavy atom. The van der Waals surface area contributed by atoms with Crippen LogP contribution in [0.4, 0.5) is 0 Å². The van der Waals surface area contributed by atoms with Gasteiger partial charge in [-0.15, -0.1) is 0 Å². The van der Waals surface area contributed by atoms with E-state index in [2.05, 4.69) is 20.8 Å². The van der Waals surface area contributed by atoms with Crippen LogP contribution < -0.4 is 4.74 Å². The highest BCUT2D eigenvalue weighted by molar-refractivity contribution is 7.99. The van der Waals surface area contributed by atoms with Crippen molar-refractivity contribution in [2.24, 2.45) is 5.92 Å². The lowest BCUT2D eigenvalue weighted by Gasteiger charge is -2.12. The second kappa shape index (κ2) is 8.49. The van der Waals surface area contributed by atoms with Gasteiger partial charge in [-0.05, 0) is 36.3 Å². The van der Waals surface area contributed by atoms with E-state index in [1.165, 1.54) is 0 Å². The maximum atomic E-state index is 12.2. The molecule has 0 aliphatic rings. The number of carbonyl (C=O) groups is 1. The Labute approximate surface area is 124 Å². The number of rotatable bonds is 8. The average Bonchev–Trinajstić information content (AvgIpc) is 2.37. The molecule has 0 saturated heterocycles. The number of ketones is 1. The van der Waals surface area contributed by atoms with E-state index in [-0.39, 0.29) is 5.78 Å². The summed E-state index contributed by atoms with van der Waals surface area (Å²) in [6.45, 7) is 6.86. The van der Waals surface area contributed by atoms with E-state index in [9.17, 15) is 4.79 Å². The number of hydrogen-bond acceptors (Lipinski definition) is 3. The summed E-state index contributed by atoms with van der Waals surface area (Å²) in [4.78, 5) is 12.2. The molecule has 0 radical (unpaired) electrons. The molecular weight excluding hydrogens is 280 g/mol. The number of halogens is 1. The van der Waals surface area contributed by atoms with Crippen molar-refractivity contribution in [3.05, 3.63) is 28.8 Å². The van der Waals surface area contributed by atoms with E-state index in [0.717, 1.165) is 12.2 Å². The van der Waals surface area contributed by atoms with Gasteiger partial charge >= 0.3 is 0 Å². The number of hydrogen-bond donors (Lipinski definition) is 0. The van der Waals surface area contributed by atoms with Crippen LogP contribution in [0.2, 0.25) is 5.02 Å². The average molecular weight is 301 g/mol. The third-order valence-corrected chi connectivity index (χ3v) is 3.79. The van der Waals surface area contributed by atoms with Crippen molar-refractivity contribution in [2.45, 2.75) is 27.2 Å². The summed E-state index contributed by atoms with van der Waals surface area (Å²) < 4.78 is 5.69. The summed E-state index contributed by atoms with van der Waals surface area (Å²) >= 11 is 7.62. The normalized spacial score (nSPS) is 10.8. The van der Waals surface area contributed by atoms with Gasteiger partial charge in [-0.1, -0.05) is 32.4 Å². The van der Waals surface area contributed by atoms with Crippen molar-refractivity contribution < 1.29 is 9.53 Å². The molecule has 0 N–H and O–H groups in total. The molecule has 0 saturated carbocycles. The highest BCUT2D eigenvalue weighted by Gasteiger charge is 2.13. The topological polar surface area (TPSA) is 26.3 Å². The minimum absolute atomic E-state index is 0.0831. The number of benzene rings is 1. The minimum atomic E-state index is 0.0831. The van der Waals surface area contributed by atoms with Crippen molar-refractivity contribution in [2.75, 3.05) is 18.1 Å². The van der Waals surface area contributed by atoms with Crippen molar-refractivity contribution in [3.63, 3.8) is 0 Å². The van der Waals surface area contributed by atoms with Gasteiger partial charge in [0, 0.05) is 5.02 Å². The van der Waals surface area contributed by atoms with Crippen LogP contribution in [0.15, 0.2) is 18.2 Å². The molecule has 0 unspecified atom stereocenters. The van der Waals surface area contributed by atoms with Crippen LogP contribution in [-0.4, -0.2) is 23.9 Å². The molecule has 0 spiro atoms. The van der Waals surface area contributed by atoms with Gasteiger partial charge in [0.2, 0.25) is 0 Å². The second-order valence-electron chi connectivity index (χ2n) is 4.82. The quantitative estimate of drug-likeness (QED) is 0.514. The molecule has 0 bridgehead atoms. The molecule has 1 rings (SSSR count). The Bertz CT molecular complexity index is 419. The van der Waals surface area contributed by atoms with Gasteiger partial charge in [-0.2, -0.15) is 11.8 Å². The predicted molar refractivity (Wildman–Crippen MR) is 83.7 cm³/mol. The number of ether oxygens (including phenoxy) is 1. The smallest absolute Gasteiger partial charge is 0.176 e. The SMILES string of the molecule is CCCSCC(=O)c1cc(Cl)ccc1OCC(C)C. The predicted octanol–water partition coefficient (Wildman–Crippen LogP) is 4.70. The molecule has 0 fully saturated rings. The van der Waals surface area contributed by atoms with E-state index in [4.69, 9.17) is 16.3 Å². The summed E-state index contributed by atoms with van der Waals surface area (Å²) in [7, 11) is 0. The number of Topliss-reactive ketones (excluding diaryl/α,β-unsaturated/α-hetero) is 1. The minimum Gasteiger partial charge on any atom is -0.493 e. The summed E-state index contributed by atoms with van der Waals surface area (Å²) in [6, 6.07) is 5.24. The van der Waals surface area contributed by atoms with Gasteiger partial charge in [-0.25, -0.2) is 0 Å². The largest absolute Gasteiger partial charge is 0.493 e. The monoisotopic (exact) mass is 300 g/mol. The third-order valence-electron chi connectivity index (χ3n) is 2.40. The summed E-state index contributed by atoms with van der Waals surface area (Å²) in [5, 5.41) is 0.570. The molecule has 19 heavy (non-hydrogen) atoms. The molecule has 0 amide bonds. The van der Waals surface area contributed by atoms with Gasteiger partial charge in [0.25, 0.3) is 0 Å². The molecule has 2 nitrogen and oxygen atoms in total. The molecule has 0 atom stereocenters. The van der Waals surface area contributed by atoms with Gasteiger partial charge in [-0.3, -0.25) is 4.79 Å². The van der Waals surface area contributed by atoms with Crippen LogP contribution >= 0.6 is 23.4 Å². The Morgan fingerprint density at radius 3 is 2.79 bits per heavy atom. The van der Waals surface area contributed by atoms with Gasteiger partial charge in [0.1, 0.15) is 5.75 Å². The Hall–Kier alpha value is -0.670. The summed E-state index contributed by atoms with van der Waals surface area (Å²) in [5.41, 5.74) is 0.594. The molecule has 4 heteroatoms. The molecule has 0 aliphatic heterocycles. The lowest BCUT2D eigenvalue weighted by atomic mass is 10.1. The molecule has 1 aromatic rings. The summed E-state index contributed by atoms with van der Waals surface area (Å²) in [5.74, 6) is 2.62. The fraction of sp³-hybridized carbons (Fsp3) is 0.533. The first kappa shape index (κ1) is 16.4. The fourth-order valence-electron chi connectivity index (χ4n) is 1.49. The van der Waals surface area contributed by atoms with Crippen molar-refractivity contribution in [3.8, 4) is 5.75 Å². The summed E-state index contributed by atoms with van der Waals surface area (Å²) in [6.07, 6.45) is 1.07. The van der Waals surface area contributed by atoms with Gasteiger partial charge in [0.05, 0.1) is 17.9 Å². The Morgan fingerprint density at radius 2 is 2.16 bits per heavy atom. The van der Waals surface area contributed by atoms with E-state index < -0.39 is 0 Å². The van der Waals surface area contributed by atoms with E-state index in [0.29, 0.717) is 34.6 Å². The van der Waals surface area contributed by atoms with Gasteiger partial charge < -0.3 is 4.74 Å². The standard InChI is InChI=1S/C15H21ClO2S/c1-4-7-19-10-14(17)13-8-12(16)5-6-15(13)18-9-11(2)3/h5-6,8,11H,4,7,9-10H2,1-3H3. The Kier molecular flexibility index (Phi) is 7.32.